The molecule has 0 bridgehead atoms. The summed E-state index contributed by atoms with van der Waals surface area (Å²) in [4.78, 5) is 107. The van der Waals surface area contributed by atoms with Crippen molar-refractivity contribution in [2.24, 2.45) is 23.7 Å². The van der Waals surface area contributed by atoms with Crippen LogP contribution in [0.15, 0.2) is 0 Å². The minimum Gasteiger partial charge on any atom is -0.394 e. The maximum Gasteiger partial charge on any atom is 0.223 e. The van der Waals surface area contributed by atoms with Crippen LogP contribution in [0.5, 0.6) is 0 Å². The van der Waals surface area contributed by atoms with Gasteiger partial charge >= 0.3 is 0 Å². The van der Waals surface area contributed by atoms with Gasteiger partial charge in [0.1, 0.15) is 42.4 Å². The molecule has 16 N–H and O–H groups in total. The van der Waals surface area contributed by atoms with Gasteiger partial charge in [-0.05, 0) is 70.1 Å². The molecule has 0 spiro atoms. The number of carbonyl (C=O) groups excluding carboxylic acids is 8. The standard InChI is InChI=1S/C62H109N7O25.C4H10.CH4/c1-37-53(82)56(85)43(33-70)92-59(37)89-28-17-48(77)63-23-6-5-11-41(73)15-21-62(68-51(80)12-7-14-52(81)69-32-42(74)31-40(69)36-88-4,22-16-47(76)65-25-10-27-67-50(79)19-30-91-61-39(3)55(84)58(87)45(35-72)94-61)20-8-13-46(75)64-24-9-26-66-49(78)18-29-90-60-38(2)54(83)57(86)44(34-71)93-60;1-4(2)3;/h37-40,42-45,53-61,70-72,74,82-87H,5-36H2,1-4H3,(H,63,77)(H,64,75)(H,65,76)(H,66,78)(H,67,79)(H,68,80);4H,1-3H3;1H4/t37?,38?,39?,40-,42+,43?,44?,45?,53+,54+,55+,56-,57-,58-,59+,60+,61+,62?;;/m0../s1. The summed E-state index contributed by atoms with van der Waals surface area (Å²) in [5.74, 6) is -3.73. The first-order valence-electron chi connectivity index (χ1n) is 35.0. The fourth-order valence-electron chi connectivity index (χ4n) is 11.7. The molecule has 4 aliphatic heterocycles. The molecule has 7 unspecified atom stereocenters. The molecule has 7 amide bonds. The molecular formula is C67H123N7O25. The second-order valence-electron chi connectivity index (χ2n) is 26.8. The summed E-state index contributed by atoms with van der Waals surface area (Å²) in [6.07, 6.45) is -12.1. The second-order valence-corrected chi connectivity index (χ2v) is 26.8. The molecule has 0 saturated carbocycles. The van der Waals surface area contributed by atoms with E-state index in [-0.39, 0.29) is 204 Å². The van der Waals surface area contributed by atoms with Gasteiger partial charge in [-0.25, -0.2) is 0 Å². The monoisotopic (exact) mass is 1430 g/mol. The lowest BCUT2D eigenvalue weighted by atomic mass is 9.81. The minimum atomic E-state index is -1.30. The SMILES string of the molecule is C.CC(C)C.COC[C@@H]1C[C@@H](O)CN1C(=O)CCCC(=O)NC(CCCC(=O)NCCCNC(=O)CCO[C@@H]1OC(CO)[C@H](O)[C@H](O)C1C)(CCC(=O)CCCCNC(=O)CCO[C@@H]1OC(CO)[C@H](O)[C@H](O)C1C)CCC(=O)NCCCNC(=O)CCO[C@@H]1OC(CO)[C@H](O)[C@H](O)C1C. The van der Waals surface area contributed by atoms with E-state index >= 15 is 0 Å². The number of ketones is 1. The van der Waals surface area contributed by atoms with Gasteiger partial charge in [0.25, 0.3) is 0 Å². The van der Waals surface area contributed by atoms with Crippen LogP contribution in [-0.2, 0) is 71.5 Å². The van der Waals surface area contributed by atoms with Crippen LogP contribution < -0.4 is 31.9 Å². The number of carbonyl (C=O) groups is 8. The number of β-amino-alcohol motifs (C(OH)–C–C–N with tert-alkyl or cyclic N) is 1. The summed E-state index contributed by atoms with van der Waals surface area (Å²) < 4.78 is 38.8. The average molecular weight is 1430 g/mol. The number of aliphatic hydroxyl groups excluding tert-OH is 10. The topological polar surface area (TPSA) is 479 Å². The van der Waals surface area contributed by atoms with Crippen LogP contribution in [0.25, 0.3) is 0 Å². The summed E-state index contributed by atoms with van der Waals surface area (Å²) in [6, 6.07) is -0.323. The highest BCUT2D eigenvalue weighted by Gasteiger charge is 2.45. The van der Waals surface area contributed by atoms with E-state index in [1.54, 1.807) is 25.7 Å². The van der Waals surface area contributed by atoms with Gasteiger partial charge in [-0.2, -0.15) is 0 Å². The van der Waals surface area contributed by atoms with Crippen molar-refractivity contribution in [1.82, 2.24) is 36.8 Å². The van der Waals surface area contributed by atoms with Crippen molar-refractivity contribution in [3.05, 3.63) is 0 Å². The Balaban J connectivity index is 0.00000648. The van der Waals surface area contributed by atoms with E-state index < -0.39 is 135 Å². The van der Waals surface area contributed by atoms with Gasteiger partial charge in [-0.3, -0.25) is 38.4 Å². The van der Waals surface area contributed by atoms with Crippen molar-refractivity contribution in [3.8, 4) is 0 Å². The smallest absolute Gasteiger partial charge is 0.223 e. The van der Waals surface area contributed by atoms with E-state index in [0.29, 0.717) is 32.1 Å². The zero-order valence-corrected chi connectivity index (χ0v) is 58.6. The number of hydrogen-bond donors (Lipinski definition) is 16. The first kappa shape index (κ1) is 90.4. The maximum atomic E-state index is 14.0. The first-order chi connectivity index (χ1) is 46.6. The van der Waals surface area contributed by atoms with Crippen LogP contribution in [-0.4, -0.2) is 287 Å². The third-order valence-corrected chi connectivity index (χ3v) is 17.6. The van der Waals surface area contributed by atoms with Gasteiger partial charge in [-0.1, -0.05) is 49.0 Å². The molecule has 0 aromatic rings. The minimum absolute atomic E-state index is 0. The van der Waals surface area contributed by atoms with Crippen molar-refractivity contribution >= 4 is 47.1 Å². The lowest BCUT2D eigenvalue weighted by Crippen LogP contribution is -2.55. The van der Waals surface area contributed by atoms with E-state index in [4.69, 9.17) is 33.2 Å². The number of methoxy groups -OCH3 is 1. The Kier molecular flexibility index (Phi) is 44.8. The molecule has 0 radical (unpaired) electrons. The highest BCUT2D eigenvalue weighted by Crippen LogP contribution is 2.31. The molecule has 32 heteroatoms. The summed E-state index contributed by atoms with van der Waals surface area (Å²) in [6.45, 7) is 10.8. The fourth-order valence-corrected chi connectivity index (χ4v) is 11.7. The zero-order valence-electron chi connectivity index (χ0n) is 58.6. The van der Waals surface area contributed by atoms with E-state index in [1.807, 2.05) is 0 Å². The van der Waals surface area contributed by atoms with Gasteiger partial charge in [0.2, 0.25) is 41.4 Å². The number of amides is 7. The highest BCUT2D eigenvalue weighted by molar-refractivity contribution is 5.82. The summed E-state index contributed by atoms with van der Waals surface area (Å²) in [5, 5.41) is 117. The molecule has 0 aliphatic carbocycles. The van der Waals surface area contributed by atoms with Crippen LogP contribution >= 0.6 is 0 Å². The van der Waals surface area contributed by atoms with Crippen LogP contribution in [0.3, 0.4) is 0 Å². The van der Waals surface area contributed by atoms with Gasteiger partial charge in [-0.15, -0.1) is 0 Å². The number of hydrogen-bond acceptors (Lipinski definition) is 25. The van der Waals surface area contributed by atoms with Crippen LogP contribution in [0, 0.1) is 23.7 Å². The molecular weight excluding hydrogens is 1300 g/mol. The Hall–Kier alpha value is -4.72. The Morgan fingerprint density at radius 2 is 0.838 bits per heavy atom. The lowest BCUT2D eigenvalue weighted by Gasteiger charge is -2.40. The molecule has 576 valence electrons. The van der Waals surface area contributed by atoms with Crippen molar-refractivity contribution in [1.29, 1.82) is 0 Å². The molecule has 18 atom stereocenters. The molecule has 4 fully saturated rings. The predicted octanol–water partition coefficient (Wildman–Crippen LogP) is -1.81. The Labute approximate surface area is 583 Å². The average Bonchev–Trinajstić information content (AvgIpc) is 1.59. The Morgan fingerprint density at radius 3 is 1.24 bits per heavy atom. The molecule has 32 nitrogen and oxygen atoms in total. The lowest BCUT2D eigenvalue weighted by molar-refractivity contribution is -0.282. The number of aliphatic hydroxyl groups is 10. The number of likely N-dealkylation sites (tertiary alicyclic amines) is 1. The number of ether oxygens (including phenoxy) is 7. The van der Waals surface area contributed by atoms with Crippen molar-refractivity contribution in [3.63, 3.8) is 0 Å². The van der Waals surface area contributed by atoms with Crippen LogP contribution in [0.2, 0.25) is 0 Å². The molecule has 4 aliphatic rings. The van der Waals surface area contributed by atoms with Crippen LogP contribution in [0.1, 0.15) is 171 Å². The van der Waals surface area contributed by atoms with Crippen molar-refractivity contribution in [2.45, 2.75) is 262 Å². The number of nitrogens with one attached hydrogen (secondary N) is 6. The second kappa shape index (κ2) is 49.0. The molecule has 4 heterocycles. The summed E-state index contributed by atoms with van der Waals surface area (Å²) in [7, 11) is 1.50. The number of unbranched alkanes of at least 4 members (excludes halogenated alkanes) is 1. The van der Waals surface area contributed by atoms with Gasteiger partial charge in [0.15, 0.2) is 18.9 Å². The summed E-state index contributed by atoms with van der Waals surface area (Å²) >= 11 is 0. The Morgan fingerprint density at radius 1 is 0.465 bits per heavy atom. The largest absolute Gasteiger partial charge is 0.394 e. The van der Waals surface area contributed by atoms with E-state index in [9.17, 15) is 89.4 Å². The van der Waals surface area contributed by atoms with E-state index in [0.717, 1.165) is 5.92 Å². The molecule has 0 aromatic carbocycles. The maximum absolute atomic E-state index is 14.0. The highest BCUT2D eigenvalue weighted by atomic mass is 16.7. The number of nitrogens with zero attached hydrogens (tertiary/aromatic N) is 1. The number of rotatable bonds is 45. The van der Waals surface area contributed by atoms with Crippen molar-refractivity contribution < 1.29 is 123 Å². The van der Waals surface area contributed by atoms with Crippen LogP contribution in [0.4, 0.5) is 0 Å². The molecule has 99 heavy (non-hydrogen) atoms. The van der Waals surface area contributed by atoms with Gasteiger partial charge in [0.05, 0.1) is 96.0 Å². The normalized spacial score (nSPS) is 28.1. The molecule has 0 aromatic heterocycles. The molecule has 4 saturated heterocycles. The Bertz CT molecular complexity index is 2260. The zero-order chi connectivity index (χ0) is 72.9. The first-order valence-corrected chi connectivity index (χ1v) is 35.0. The van der Waals surface area contributed by atoms with Gasteiger partial charge in [0, 0.05) is 108 Å². The fraction of sp³-hybridized carbons (Fsp3) is 0.881. The molecule has 4 rings (SSSR count). The third kappa shape index (κ3) is 33.5. The predicted molar refractivity (Wildman–Crippen MR) is 358 cm³/mol. The van der Waals surface area contributed by atoms with E-state index in [1.165, 1.54) is 7.11 Å². The van der Waals surface area contributed by atoms with Crippen molar-refractivity contribution in [2.75, 3.05) is 92.6 Å². The van der Waals surface area contributed by atoms with E-state index in [2.05, 4.69) is 52.7 Å². The number of Topliss-reactive ketones (excluding diaryl/α,β-unsaturated/α-hetero) is 1. The third-order valence-electron chi connectivity index (χ3n) is 17.6. The quantitative estimate of drug-likeness (QED) is 0.0299. The summed E-state index contributed by atoms with van der Waals surface area (Å²) in [5.41, 5.74) is -1.21. The van der Waals surface area contributed by atoms with Gasteiger partial charge < -0.3 is 121 Å².